The summed E-state index contributed by atoms with van der Waals surface area (Å²) in [7, 11) is 0. The van der Waals surface area contributed by atoms with Crippen molar-refractivity contribution in [3.8, 4) is 90.6 Å². The van der Waals surface area contributed by atoms with E-state index in [0.717, 1.165) is 106 Å². The normalized spacial score (nSPS) is 12.9. The lowest BCUT2D eigenvalue weighted by Crippen LogP contribution is -2.32. The molecule has 1 aliphatic heterocycles. The Bertz CT molecular complexity index is 3880. The highest BCUT2D eigenvalue weighted by Crippen LogP contribution is 2.64. The van der Waals surface area contributed by atoms with Gasteiger partial charge in [0, 0.05) is 44.3 Å². The quantitative estimate of drug-likeness (QED) is 0.164. The van der Waals surface area contributed by atoms with Crippen LogP contribution in [0.1, 0.15) is 22.3 Å². The van der Waals surface area contributed by atoms with Gasteiger partial charge in [-0.15, -0.1) is 0 Å². The lowest BCUT2D eigenvalue weighted by Gasteiger charge is -2.40. The molecule has 0 amide bonds. The van der Waals surface area contributed by atoms with Crippen LogP contribution in [0.4, 0.5) is 0 Å². The van der Waals surface area contributed by atoms with Gasteiger partial charge < -0.3 is 9.15 Å². The Balaban J connectivity index is 0.961. The van der Waals surface area contributed by atoms with Crippen molar-refractivity contribution in [1.82, 2.24) is 24.9 Å². The fourth-order valence-corrected chi connectivity index (χ4v) is 10.6. The van der Waals surface area contributed by atoms with Crippen molar-refractivity contribution in [2.45, 2.75) is 5.41 Å². The molecule has 0 atom stereocenters. The van der Waals surface area contributed by atoms with Gasteiger partial charge in [-0.1, -0.05) is 194 Å². The number of hydrogen-bond acceptors (Lipinski definition) is 7. The molecule has 3 aromatic heterocycles. The molecule has 0 saturated carbocycles. The van der Waals surface area contributed by atoms with Crippen LogP contribution in [0.5, 0.6) is 11.5 Å². The Morgan fingerprint density at radius 1 is 0.333 bits per heavy atom. The maximum absolute atomic E-state index is 6.75. The summed E-state index contributed by atoms with van der Waals surface area (Å²) in [5.41, 5.74) is 15.7. The number of rotatable bonds is 6. The Hall–Kier alpha value is -9.33. The molecule has 4 heterocycles. The molecule has 7 nitrogen and oxygen atoms in total. The molecule has 2 aliphatic rings. The van der Waals surface area contributed by atoms with Crippen molar-refractivity contribution in [3.63, 3.8) is 0 Å². The molecule has 1 aliphatic carbocycles. The zero-order valence-electron chi connectivity index (χ0n) is 36.9. The van der Waals surface area contributed by atoms with Crippen LogP contribution in [0.3, 0.4) is 0 Å². The largest absolute Gasteiger partial charge is 0.457 e. The number of benzene rings is 9. The molecule has 0 unspecified atom stereocenters. The van der Waals surface area contributed by atoms with Gasteiger partial charge in [-0.25, -0.2) is 24.9 Å². The first-order valence-electron chi connectivity index (χ1n) is 23.1. The minimum absolute atomic E-state index is 0.600. The van der Waals surface area contributed by atoms with Crippen molar-refractivity contribution in [2.75, 3.05) is 0 Å². The van der Waals surface area contributed by atoms with Crippen LogP contribution < -0.4 is 4.74 Å². The van der Waals surface area contributed by atoms with Gasteiger partial charge in [0.15, 0.2) is 28.9 Å². The van der Waals surface area contributed by atoms with Crippen LogP contribution in [0.25, 0.3) is 101 Å². The summed E-state index contributed by atoms with van der Waals surface area (Å²) in [6.45, 7) is 0. The van der Waals surface area contributed by atoms with E-state index in [-0.39, 0.29) is 0 Å². The third kappa shape index (κ3) is 6.04. The molecular weight excluding hydrogens is 847 g/mol. The van der Waals surface area contributed by atoms with E-state index >= 15 is 0 Å². The average molecular weight is 884 g/mol. The number of para-hydroxylation sites is 3. The smallest absolute Gasteiger partial charge is 0.180 e. The molecule has 7 heteroatoms. The van der Waals surface area contributed by atoms with E-state index < -0.39 is 5.41 Å². The number of aromatic nitrogens is 5. The first-order chi connectivity index (χ1) is 34.2. The maximum atomic E-state index is 6.75. The Morgan fingerprint density at radius 3 is 1.54 bits per heavy atom. The molecule has 0 saturated heterocycles. The standard InChI is InChI=1S/C62H37N5O2/c1-4-17-39(18-5-1)55-57-56(45-23-10-13-28-51(45)69-57)64-58(63-55)42-33-31-38(32-34-42)43-35-36-48-47(37-43)44-24-16-25-46(54(44)62(48)49-26-11-14-29-52(49)68-53-30-15-12-27-50(53)62)61-66-59(40-19-6-2-7-20-40)65-60(67-61)41-21-8-3-9-22-41/h1-37H. The van der Waals surface area contributed by atoms with Gasteiger partial charge >= 0.3 is 0 Å². The van der Waals surface area contributed by atoms with Crippen molar-refractivity contribution < 1.29 is 9.15 Å². The van der Waals surface area contributed by atoms with Crippen molar-refractivity contribution in [2.24, 2.45) is 0 Å². The SMILES string of the molecule is c1ccc(-c2nc(-c3ccccc3)nc(-c3cccc4c3C3(c5ccccc5Oc5ccccc53)c3ccc(-c5ccc(-c6nc(-c7ccccc7)c7oc8ccccc8c7n6)cc5)cc3-4)n2)cc1. The van der Waals surface area contributed by atoms with Crippen molar-refractivity contribution in [3.05, 3.63) is 247 Å². The Morgan fingerprint density at radius 2 is 0.855 bits per heavy atom. The summed E-state index contributed by atoms with van der Waals surface area (Å²) >= 11 is 0. The first kappa shape index (κ1) is 38.9. The monoisotopic (exact) mass is 883 g/mol. The highest BCUT2D eigenvalue weighted by atomic mass is 16.5. The fourth-order valence-electron chi connectivity index (χ4n) is 10.6. The molecular formula is C62H37N5O2. The van der Waals surface area contributed by atoms with Gasteiger partial charge in [-0.3, -0.25) is 0 Å². The molecule has 14 rings (SSSR count). The van der Waals surface area contributed by atoms with Crippen LogP contribution in [0.15, 0.2) is 229 Å². The van der Waals surface area contributed by atoms with Crippen LogP contribution in [-0.2, 0) is 5.41 Å². The number of nitrogens with zero attached hydrogens (tertiary/aromatic N) is 5. The zero-order valence-corrected chi connectivity index (χ0v) is 36.9. The molecule has 322 valence electrons. The minimum atomic E-state index is -0.773. The molecule has 1 spiro atoms. The number of ether oxygens (including phenoxy) is 1. The van der Waals surface area contributed by atoms with E-state index in [1.165, 1.54) is 0 Å². The van der Waals surface area contributed by atoms with Crippen LogP contribution >= 0.6 is 0 Å². The van der Waals surface area contributed by atoms with E-state index in [1.54, 1.807) is 0 Å². The van der Waals surface area contributed by atoms with E-state index in [2.05, 4.69) is 140 Å². The maximum Gasteiger partial charge on any atom is 0.180 e. The molecule has 0 fully saturated rings. The summed E-state index contributed by atoms with van der Waals surface area (Å²) in [4.78, 5) is 26.0. The highest BCUT2D eigenvalue weighted by molar-refractivity contribution is 6.07. The minimum Gasteiger partial charge on any atom is -0.457 e. The number of fused-ring (bicyclic) bond motifs is 12. The summed E-state index contributed by atoms with van der Waals surface area (Å²) in [5.74, 6) is 4.09. The number of hydrogen-bond donors (Lipinski definition) is 0. The second-order valence-electron chi connectivity index (χ2n) is 17.5. The van der Waals surface area contributed by atoms with Crippen molar-refractivity contribution in [1.29, 1.82) is 0 Å². The lowest BCUT2D eigenvalue weighted by atomic mass is 9.65. The van der Waals surface area contributed by atoms with Crippen LogP contribution in [0, 0.1) is 0 Å². The topological polar surface area (TPSA) is 86.8 Å². The van der Waals surface area contributed by atoms with Crippen LogP contribution in [0.2, 0.25) is 0 Å². The van der Waals surface area contributed by atoms with Gasteiger partial charge in [0.05, 0.1) is 5.41 Å². The molecule has 0 bridgehead atoms. The van der Waals surface area contributed by atoms with Crippen LogP contribution in [-0.4, -0.2) is 24.9 Å². The first-order valence-corrected chi connectivity index (χ1v) is 23.1. The van der Waals surface area contributed by atoms with Gasteiger partial charge in [0.2, 0.25) is 0 Å². The van der Waals surface area contributed by atoms with E-state index in [4.69, 9.17) is 34.1 Å². The zero-order chi connectivity index (χ0) is 45.5. The van der Waals surface area contributed by atoms with E-state index in [0.29, 0.717) is 28.9 Å². The Kier molecular flexibility index (Phi) is 8.66. The lowest BCUT2D eigenvalue weighted by molar-refractivity contribution is 0.436. The molecule has 9 aromatic carbocycles. The predicted molar refractivity (Wildman–Crippen MR) is 273 cm³/mol. The van der Waals surface area contributed by atoms with Gasteiger partial charge in [0.25, 0.3) is 0 Å². The molecule has 12 aromatic rings. The van der Waals surface area contributed by atoms with E-state index in [9.17, 15) is 0 Å². The van der Waals surface area contributed by atoms with Crippen molar-refractivity contribution >= 4 is 22.1 Å². The third-order valence-electron chi connectivity index (χ3n) is 13.6. The third-order valence-corrected chi connectivity index (χ3v) is 13.6. The second-order valence-corrected chi connectivity index (χ2v) is 17.5. The molecule has 0 radical (unpaired) electrons. The highest BCUT2D eigenvalue weighted by Gasteiger charge is 2.52. The summed E-state index contributed by atoms with van der Waals surface area (Å²) in [6, 6.07) is 77.4. The van der Waals surface area contributed by atoms with Gasteiger partial charge in [0.1, 0.15) is 28.3 Å². The number of furan rings is 1. The molecule has 69 heavy (non-hydrogen) atoms. The summed E-state index contributed by atoms with van der Waals surface area (Å²) < 4.78 is 13.1. The summed E-state index contributed by atoms with van der Waals surface area (Å²) in [5, 5.41) is 0.961. The van der Waals surface area contributed by atoms with Gasteiger partial charge in [-0.2, -0.15) is 0 Å². The van der Waals surface area contributed by atoms with Gasteiger partial charge in [-0.05, 0) is 63.7 Å². The second kappa shape index (κ2) is 15.4. The Labute approximate surface area is 397 Å². The van der Waals surface area contributed by atoms with E-state index in [1.807, 2.05) is 84.9 Å². The summed E-state index contributed by atoms with van der Waals surface area (Å²) in [6.07, 6.45) is 0. The fraction of sp³-hybridized carbons (Fsp3) is 0.0161. The average Bonchev–Trinajstić information content (AvgIpc) is 3.95. The molecule has 0 N–H and O–H groups in total. The predicted octanol–water partition coefficient (Wildman–Crippen LogP) is 15.0.